The van der Waals surface area contributed by atoms with Crippen LogP contribution < -0.4 is 5.32 Å². The molecule has 1 unspecified atom stereocenters. The van der Waals surface area contributed by atoms with Gasteiger partial charge in [-0.05, 0) is 29.2 Å². The number of nitrogens with one attached hydrogen (secondary N) is 1. The molecule has 0 saturated carbocycles. The van der Waals surface area contributed by atoms with Gasteiger partial charge in [0.25, 0.3) is 5.24 Å². The second kappa shape index (κ2) is 4.62. The fraction of sp³-hybridized carbons (Fsp3) is 0.625. The Morgan fingerprint density at radius 2 is 2.46 bits per heavy atom. The van der Waals surface area contributed by atoms with Gasteiger partial charge in [0.1, 0.15) is 0 Å². The van der Waals surface area contributed by atoms with Gasteiger partial charge in [-0.1, -0.05) is 25.6 Å². The molecule has 13 heavy (non-hydrogen) atoms. The highest BCUT2D eigenvalue weighted by Gasteiger charge is 2.41. The Hall–Kier alpha value is 0.200. The molecule has 0 aromatic carbocycles. The minimum absolute atomic E-state index is 0.330. The Morgan fingerprint density at radius 1 is 1.77 bits per heavy atom. The highest BCUT2D eigenvalue weighted by atomic mass is 35.5. The summed E-state index contributed by atoms with van der Waals surface area (Å²) in [6.07, 6.45) is 0.906. The topological polar surface area (TPSA) is 29.1 Å². The lowest BCUT2D eigenvalue weighted by Gasteiger charge is -2.24. The van der Waals surface area contributed by atoms with Crippen molar-refractivity contribution in [3.8, 4) is 0 Å². The van der Waals surface area contributed by atoms with Gasteiger partial charge >= 0.3 is 0 Å². The van der Waals surface area contributed by atoms with Gasteiger partial charge in [-0.25, -0.2) is 0 Å². The predicted octanol–water partition coefficient (Wildman–Crippen LogP) is 2.75. The van der Waals surface area contributed by atoms with E-state index in [1.54, 1.807) is 0 Å². The molecule has 2 nitrogen and oxygen atoms in total. The fourth-order valence-corrected chi connectivity index (χ4v) is 3.68. The number of hydrogen-bond acceptors (Lipinski definition) is 4. The molecule has 0 aromatic rings. The molecule has 0 radical (unpaired) electrons. The first kappa shape index (κ1) is 11.3. The van der Waals surface area contributed by atoms with Crippen molar-refractivity contribution in [3.63, 3.8) is 0 Å². The molecule has 0 fully saturated rings. The normalized spacial score (nSPS) is 26.8. The molecule has 1 atom stereocenters. The molecule has 0 saturated heterocycles. The number of allylic oxidation sites excluding steroid dienone is 1. The molecule has 74 valence electrons. The van der Waals surface area contributed by atoms with E-state index < -0.39 is 4.20 Å². The Balaban J connectivity index is 2.70. The van der Waals surface area contributed by atoms with Crippen LogP contribution in [-0.4, -0.2) is 15.2 Å². The zero-order valence-electron chi connectivity index (χ0n) is 7.59. The van der Waals surface area contributed by atoms with Crippen LogP contribution in [0.25, 0.3) is 0 Å². The molecule has 1 aliphatic rings. The number of hydrogen-bond donors (Lipinski definition) is 1. The molecule has 0 aliphatic carbocycles. The van der Waals surface area contributed by atoms with Crippen LogP contribution in [0.15, 0.2) is 11.1 Å². The largest absolute Gasteiger partial charge is 0.358 e. The Labute approximate surface area is 91.9 Å². The lowest BCUT2D eigenvalue weighted by atomic mass is 10.4. The summed E-state index contributed by atoms with van der Waals surface area (Å²) in [5.74, 6) is 0.864. The number of carbonyl (C=O) groups excluding carboxylic acids is 1. The second-order valence-electron chi connectivity index (χ2n) is 2.56. The maximum absolute atomic E-state index is 11.2. The first-order valence-corrected chi connectivity index (χ1v) is 6.38. The average Bonchev–Trinajstić information content (AvgIpc) is 2.50. The monoisotopic (exact) mass is 237 g/mol. The number of thioether (sulfide) groups is 2. The van der Waals surface area contributed by atoms with Gasteiger partial charge in [0, 0.05) is 5.70 Å². The second-order valence-corrected chi connectivity index (χ2v) is 5.73. The van der Waals surface area contributed by atoms with Crippen LogP contribution in [0.3, 0.4) is 0 Å². The molecule has 1 aliphatic heterocycles. The third-order valence-electron chi connectivity index (χ3n) is 1.68. The van der Waals surface area contributed by atoms with E-state index >= 15 is 0 Å². The van der Waals surface area contributed by atoms with Crippen molar-refractivity contribution < 1.29 is 4.79 Å². The Morgan fingerprint density at radius 3 is 2.85 bits per heavy atom. The summed E-state index contributed by atoms with van der Waals surface area (Å²) in [5.41, 5.74) is 1.08. The van der Waals surface area contributed by atoms with Crippen LogP contribution in [0.5, 0.6) is 0 Å². The van der Waals surface area contributed by atoms with Crippen molar-refractivity contribution in [2.75, 3.05) is 5.75 Å². The van der Waals surface area contributed by atoms with Crippen LogP contribution >= 0.6 is 35.1 Å². The van der Waals surface area contributed by atoms with Gasteiger partial charge in [-0.3, -0.25) is 4.79 Å². The maximum Gasteiger partial charge on any atom is 0.268 e. The predicted molar refractivity (Wildman–Crippen MR) is 60.8 cm³/mol. The van der Waals surface area contributed by atoms with Gasteiger partial charge in [0.2, 0.25) is 4.20 Å². The van der Waals surface area contributed by atoms with E-state index in [1.165, 1.54) is 23.5 Å². The Kier molecular flexibility index (Phi) is 4.01. The quantitative estimate of drug-likeness (QED) is 0.762. The van der Waals surface area contributed by atoms with E-state index in [4.69, 9.17) is 11.6 Å². The van der Waals surface area contributed by atoms with Crippen LogP contribution in [-0.2, 0) is 4.79 Å². The zero-order chi connectivity index (χ0) is 9.90. The minimum Gasteiger partial charge on any atom is -0.358 e. The van der Waals surface area contributed by atoms with Crippen molar-refractivity contribution in [2.24, 2.45) is 0 Å². The van der Waals surface area contributed by atoms with Crippen molar-refractivity contribution in [1.82, 2.24) is 5.32 Å². The molecule has 0 amide bonds. The van der Waals surface area contributed by atoms with E-state index in [0.29, 0.717) is 0 Å². The first-order valence-electron chi connectivity index (χ1n) is 4.13. The molecule has 0 bridgehead atoms. The minimum atomic E-state index is -0.665. The lowest BCUT2D eigenvalue weighted by Crippen LogP contribution is -2.40. The number of rotatable bonds is 4. The molecule has 5 heteroatoms. The van der Waals surface area contributed by atoms with Crippen LogP contribution in [0.2, 0.25) is 0 Å². The maximum atomic E-state index is 11.2. The SMILES string of the molecule is CCSC1(C(=O)Cl)NC(CC)=CS1. The molecular weight excluding hydrogens is 226 g/mol. The molecular formula is C8H12ClNOS2. The van der Waals surface area contributed by atoms with Gasteiger partial charge in [0.05, 0.1) is 0 Å². The summed E-state index contributed by atoms with van der Waals surface area (Å²) in [4.78, 5) is 11.2. The van der Waals surface area contributed by atoms with E-state index in [0.717, 1.165) is 17.9 Å². The summed E-state index contributed by atoms with van der Waals surface area (Å²) >= 11 is 8.56. The molecule has 1 N–H and O–H groups in total. The molecule has 0 aromatic heterocycles. The van der Waals surface area contributed by atoms with Gasteiger partial charge in [-0.2, -0.15) is 0 Å². The third kappa shape index (κ3) is 2.36. The van der Waals surface area contributed by atoms with Crippen LogP contribution in [0, 0.1) is 0 Å². The first-order chi connectivity index (χ1) is 6.14. The van der Waals surface area contributed by atoms with E-state index in [9.17, 15) is 4.79 Å². The van der Waals surface area contributed by atoms with Gasteiger partial charge in [0.15, 0.2) is 0 Å². The zero-order valence-corrected chi connectivity index (χ0v) is 9.98. The summed E-state index contributed by atoms with van der Waals surface area (Å²) in [5, 5.41) is 4.81. The van der Waals surface area contributed by atoms with E-state index in [1.807, 2.05) is 19.3 Å². The summed E-state index contributed by atoms with van der Waals surface area (Å²) < 4.78 is -0.665. The van der Waals surface area contributed by atoms with Crippen LogP contribution in [0.4, 0.5) is 0 Å². The summed E-state index contributed by atoms with van der Waals surface area (Å²) in [6, 6.07) is 0. The van der Waals surface area contributed by atoms with Crippen molar-refractivity contribution in [2.45, 2.75) is 24.5 Å². The molecule has 0 spiro atoms. The highest BCUT2D eigenvalue weighted by molar-refractivity contribution is 8.21. The van der Waals surface area contributed by atoms with E-state index in [-0.39, 0.29) is 5.24 Å². The highest BCUT2D eigenvalue weighted by Crippen LogP contribution is 2.43. The average molecular weight is 238 g/mol. The summed E-state index contributed by atoms with van der Waals surface area (Å²) in [7, 11) is 0. The standard InChI is InChI=1S/C8H12ClNOS2/c1-3-6-5-13-8(10-6,7(9)11)12-4-2/h5,10H,3-4H2,1-2H3. The lowest BCUT2D eigenvalue weighted by molar-refractivity contribution is -0.112. The van der Waals surface area contributed by atoms with Crippen molar-refractivity contribution in [3.05, 3.63) is 11.1 Å². The third-order valence-corrected chi connectivity index (χ3v) is 4.83. The van der Waals surface area contributed by atoms with Crippen molar-refractivity contribution in [1.29, 1.82) is 0 Å². The number of carbonyl (C=O) groups is 1. The van der Waals surface area contributed by atoms with Gasteiger partial charge in [-0.15, -0.1) is 11.8 Å². The van der Waals surface area contributed by atoms with Crippen LogP contribution in [0.1, 0.15) is 20.3 Å². The van der Waals surface area contributed by atoms with E-state index in [2.05, 4.69) is 5.32 Å². The van der Waals surface area contributed by atoms with Crippen molar-refractivity contribution >= 4 is 40.4 Å². The fourth-order valence-electron chi connectivity index (χ4n) is 1.02. The molecule has 1 heterocycles. The Bertz CT molecular complexity index is 244. The number of halogens is 1. The summed E-state index contributed by atoms with van der Waals surface area (Å²) in [6.45, 7) is 4.06. The van der Waals surface area contributed by atoms with Gasteiger partial charge < -0.3 is 5.32 Å². The molecule has 1 rings (SSSR count). The smallest absolute Gasteiger partial charge is 0.268 e.